The van der Waals surface area contributed by atoms with Gasteiger partial charge in [-0.25, -0.2) is 9.78 Å². The predicted molar refractivity (Wildman–Crippen MR) is 185 cm³/mol. The molecule has 1 aliphatic heterocycles. The molecule has 2 heterocycles. The minimum Gasteiger partial charge on any atom is -0.434 e. The molecule has 1 aliphatic rings. The minimum absolute atomic E-state index is 0.0494. The van der Waals surface area contributed by atoms with E-state index in [0.29, 0.717) is 16.7 Å². The van der Waals surface area contributed by atoms with Crippen molar-refractivity contribution in [3.05, 3.63) is 111 Å². The molecule has 0 aliphatic carbocycles. The average molecular weight is 713 g/mol. The van der Waals surface area contributed by atoms with Crippen LogP contribution in [0.1, 0.15) is 81.4 Å². The lowest BCUT2D eigenvalue weighted by Gasteiger charge is -2.29. The normalized spacial score (nSPS) is 12.9. The summed E-state index contributed by atoms with van der Waals surface area (Å²) in [6.07, 6.45) is 4.77. The topological polar surface area (TPSA) is 277 Å². The van der Waals surface area contributed by atoms with Crippen molar-refractivity contribution in [1.82, 2.24) is 15.2 Å². The van der Waals surface area contributed by atoms with Gasteiger partial charge in [-0.15, -0.1) is 0 Å². The van der Waals surface area contributed by atoms with Crippen LogP contribution in [0, 0.1) is 0 Å². The fraction of sp³-hybridized carbons (Fsp3) is 0.118. The fourth-order valence-corrected chi connectivity index (χ4v) is 5.81. The minimum atomic E-state index is -1.50. The number of aromatic nitrogens is 1. The number of hydrogen-bond acceptors (Lipinski definition) is 9. The second kappa shape index (κ2) is 14.4. The standard InChI is InChI=1S/C34H29ClN8O8/c1-2-17(27(44)33-41-18-11-5-6-13-20(18)51-33)40-32(49)23-21(28(36)45)22(29(37)46)24(30(38)47)26(25(23)31(39)48)42-34(50)43-14-8-7-12-19(43)15-9-3-4-10-16(15)35/h3-13,17H,2,14H2,1H3,(H2,36,45)(H2,37,46)(H2,38,47)(H2,39,48)(H,40,49)(H,42,50)/t17-/m0/s1. The molecule has 51 heavy (non-hydrogen) atoms. The van der Waals surface area contributed by atoms with Crippen molar-refractivity contribution in [2.24, 2.45) is 22.9 Å². The molecule has 3 aromatic carbocycles. The van der Waals surface area contributed by atoms with Crippen molar-refractivity contribution < 1.29 is 38.0 Å². The van der Waals surface area contributed by atoms with E-state index < -0.39 is 80.9 Å². The molecule has 0 spiro atoms. The highest BCUT2D eigenvalue weighted by Gasteiger charge is 2.38. The maximum Gasteiger partial charge on any atom is 0.326 e. The first-order chi connectivity index (χ1) is 24.3. The number of nitrogens with zero attached hydrogens (tertiary/aromatic N) is 2. The number of hydrogen-bond donors (Lipinski definition) is 6. The number of rotatable bonds is 11. The number of halogens is 1. The lowest BCUT2D eigenvalue weighted by molar-refractivity contribution is 0.0832. The summed E-state index contributed by atoms with van der Waals surface area (Å²) in [6.45, 7) is 1.48. The number of anilines is 1. The van der Waals surface area contributed by atoms with Gasteiger partial charge in [0.05, 0.1) is 45.2 Å². The summed E-state index contributed by atoms with van der Waals surface area (Å²) in [7, 11) is 0. The molecule has 0 unspecified atom stereocenters. The molecule has 4 aromatic rings. The first-order valence-electron chi connectivity index (χ1n) is 15.1. The molecular weight excluding hydrogens is 684 g/mol. The Bertz CT molecular complexity index is 2210. The number of fused-ring (bicyclic) bond motifs is 1. The zero-order chi connectivity index (χ0) is 37.1. The number of ketones is 1. The summed E-state index contributed by atoms with van der Waals surface area (Å²) in [5, 5.41) is 5.02. The van der Waals surface area contributed by atoms with Crippen molar-refractivity contribution >= 4 is 75.4 Å². The quantitative estimate of drug-likeness (QED) is 0.125. The summed E-state index contributed by atoms with van der Waals surface area (Å²) in [5.74, 6) is -8.38. The summed E-state index contributed by atoms with van der Waals surface area (Å²) in [5.41, 5.74) is 18.3. The van der Waals surface area contributed by atoms with Gasteiger partial charge in [-0.3, -0.25) is 33.7 Å². The third kappa shape index (κ3) is 6.75. The van der Waals surface area contributed by atoms with E-state index in [2.05, 4.69) is 15.6 Å². The van der Waals surface area contributed by atoms with Gasteiger partial charge in [0, 0.05) is 17.1 Å². The van der Waals surface area contributed by atoms with Gasteiger partial charge >= 0.3 is 6.03 Å². The molecule has 16 nitrogen and oxygen atoms in total. The van der Waals surface area contributed by atoms with E-state index in [1.165, 1.54) is 6.92 Å². The van der Waals surface area contributed by atoms with Gasteiger partial charge in [-0.2, -0.15) is 0 Å². The molecule has 10 N–H and O–H groups in total. The molecule has 0 bridgehead atoms. The molecule has 7 amide bonds. The monoisotopic (exact) mass is 712 g/mol. The van der Waals surface area contributed by atoms with Crippen LogP contribution in [0.3, 0.4) is 0 Å². The summed E-state index contributed by atoms with van der Waals surface area (Å²) >= 11 is 6.40. The average Bonchev–Trinajstić information content (AvgIpc) is 3.53. The number of primary amides is 4. The molecule has 1 atom stereocenters. The number of nitrogens with one attached hydrogen (secondary N) is 2. The Labute approximate surface area is 293 Å². The van der Waals surface area contributed by atoms with Crippen molar-refractivity contribution in [2.45, 2.75) is 19.4 Å². The molecule has 260 valence electrons. The van der Waals surface area contributed by atoms with Crippen LogP contribution in [0.4, 0.5) is 10.5 Å². The van der Waals surface area contributed by atoms with Crippen LogP contribution >= 0.6 is 11.6 Å². The van der Waals surface area contributed by atoms with Crippen LogP contribution in [0.5, 0.6) is 0 Å². The van der Waals surface area contributed by atoms with Gasteiger partial charge < -0.3 is 38.0 Å². The molecule has 0 fully saturated rings. The van der Waals surface area contributed by atoms with E-state index in [9.17, 15) is 33.6 Å². The van der Waals surface area contributed by atoms with E-state index in [1.54, 1.807) is 66.8 Å². The third-order valence-corrected chi connectivity index (χ3v) is 8.17. The molecule has 0 saturated heterocycles. The van der Waals surface area contributed by atoms with Crippen molar-refractivity contribution in [3.63, 3.8) is 0 Å². The lowest BCUT2D eigenvalue weighted by Crippen LogP contribution is -2.43. The van der Waals surface area contributed by atoms with Gasteiger partial charge in [0.25, 0.3) is 23.6 Å². The van der Waals surface area contributed by atoms with Crippen LogP contribution in [-0.2, 0) is 0 Å². The predicted octanol–water partition coefficient (Wildman–Crippen LogP) is 2.71. The van der Waals surface area contributed by atoms with Gasteiger partial charge in [-0.1, -0.05) is 61.0 Å². The van der Waals surface area contributed by atoms with Crippen molar-refractivity contribution in [1.29, 1.82) is 0 Å². The van der Waals surface area contributed by atoms with E-state index in [-0.39, 0.29) is 29.6 Å². The number of urea groups is 1. The van der Waals surface area contributed by atoms with Crippen molar-refractivity contribution in [3.8, 4) is 0 Å². The molecule has 17 heteroatoms. The number of carbonyl (C=O) groups is 7. The van der Waals surface area contributed by atoms with Crippen LogP contribution in [0.2, 0.25) is 5.02 Å². The number of Topliss-reactive ketones (excluding diaryl/α,β-unsaturated/α-hetero) is 1. The van der Waals surface area contributed by atoms with Gasteiger partial charge in [-0.05, 0) is 30.7 Å². The Morgan fingerprint density at radius 1 is 0.843 bits per heavy atom. The number of benzene rings is 3. The van der Waals surface area contributed by atoms with Crippen LogP contribution in [-0.4, -0.2) is 63.8 Å². The largest absolute Gasteiger partial charge is 0.434 e. The second-order valence-corrected chi connectivity index (χ2v) is 11.4. The maximum absolute atomic E-state index is 14.1. The summed E-state index contributed by atoms with van der Waals surface area (Å²) < 4.78 is 5.54. The van der Waals surface area contributed by atoms with Crippen molar-refractivity contribution in [2.75, 3.05) is 11.9 Å². The highest BCUT2D eigenvalue weighted by molar-refractivity contribution is 6.32. The molecule has 5 rings (SSSR count). The maximum atomic E-state index is 14.1. The molecule has 0 saturated carbocycles. The van der Waals surface area contributed by atoms with Crippen LogP contribution in [0.15, 0.2) is 71.2 Å². The Kier molecular flexibility index (Phi) is 9.99. The zero-order valence-corrected chi connectivity index (χ0v) is 27.4. The summed E-state index contributed by atoms with van der Waals surface area (Å²) in [6, 6.07) is 10.7. The molecular formula is C34H29ClN8O8. The number of para-hydroxylation sites is 2. The van der Waals surface area contributed by atoms with Gasteiger partial charge in [0.2, 0.25) is 17.6 Å². The fourth-order valence-electron chi connectivity index (χ4n) is 5.58. The SMILES string of the molecule is CC[C@H](NC(=O)c1c(C(N)=O)c(NC(=O)N2CC=CC=C2c2ccccc2Cl)c(C(N)=O)c(C(N)=O)c1C(N)=O)C(=O)c1nc2ccccc2o1. The van der Waals surface area contributed by atoms with Crippen LogP contribution in [0.25, 0.3) is 16.8 Å². The van der Waals surface area contributed by atoms with E-state index in [0.717, 1.165) is 4.90 Å². The molecule has 0 radical (unpaired) electrons. The number of amides is 7. The first kappa shape index (κ1) is 35.5. The second-order valence-electron chi connectivity index (χ2n) is 11.0. The first-order valence-corrected chi connectivity index (χ1v) is 15.5. The Hall–Kier alpha value is -6.81. The van der Waals surface area contributed by atoms with E-state index >= 15 is 0 Å². The smallest absolute Gasteiger partial charge is 0.326 e. The van der Waals surface area contributed by atoms with E-state index in [1.807, 2.05) is 0 Å². The highest BCUT2D eigenvalue weighted by Crippen LogP contribution is 2.35. The van der Waals surface area contributed by atoms with Gasteiger partial charge in [0.1, 0.15) is 5.52 Å². The van der Waals surface area contributed by atoms with Crippen LogP contribution < -0.4 is 33.6 Å². The van der Waals surface area contributed by atoms with Gasteiger partial charge in [0.15, 0.2) is 5.58 Å². The Morgan fingerprint density at radius 2 is 1.43 bits per heavy atom. The Morgan fingerprint density at radius 3 is 2.04 bits per heavy atom. The highest BCUT2D eigenvalue weighted by atomic mass is 35.5. The zero-order valence-electron chi connectivity index (χ0n) is 26.7. The number of carbonyl (C=O) groups excluding carboxylic acids is 7. The van der Waals surface area contributed by atoms with E-state index in [4.69, 9.17) is 39.0 Å². The lowest BCUT2D eigenvalue weighted by atomic mass is 9.86. The molecule has 1 aromatic heterocycles. The number of nitrogens with two attached hydrogens (primary N) is 4. The third-order valence-electron chi connectivity index (χ3n) is 7.84. The number of oxazole rings is 1. The Balaban J connectivity index is 1.67. The number of allylic oxidation sites excluding steroid dienone is 2. The summed E-state index contributed by atoms with van der Waals surface area (Å²) in [4.78, 5) is 98.8.